The van der Waals surface area contributed by atoms with Gasteiger partial charge in [0, 0.05) is 23.6 Å². The normalized spacial score (nSPS) is 10.2. The van der Waals surface area contributed by atoms with E-state index in [2.05, 4.69) is 5.32 Å². The molecule has 0 unspecified atom stereocenters. The van der Waals surface area contributed by atoms with Crippen LogP contribution in [0.15, 0.2) is 48.5 Å². The van der Waals surface area contributed by atoms with E-state index in [9.17, 15) is 9.59 Å². The molecule has 5 nitrogen and oxygen atoms in total. The molecule has 0 bridgehead atoms. The Morgan fingerprint density at radius 2 is 1.92 bits per heavy atom. The van der Waals surface area contributed by atoms with E-state index in [0.717, 1.165) is 5.56 Å². The van der Waals surface area contributed by atoms with E-state index < -0.39 is 0 Å². The molecule has 3 N–H and O–H groups in total. The van der Waals surface area contributed by atoms with Crippen molar-refractivity contribution in [2.24, 2.45) is 5.73 Å². The summed E-state index contributed by atoms with van der Waals surface area (Å²) in [6.07, 6.45) is 0.773. The fourth-order valence-corrected chi connectivity index (χ4v) is 2.30. The number of nitrogens with two attached hydrogens (primary N) is 1. The molecule has 0 saturated carbocycles. The number of rotatable bonds is 8. The molecule has 2 rings (SSSR count). The molecule has 0 aliphatic rings. The molecule has 24 heavy (non-hydrogen) atoms. The summed E-state index contributed by atoms with van der Waals surface area (Å²) in [5, 5.41) is 3.40. The maximum absolute atomic E-state index is 12.1. The van der Waals surface area contributed by atoms with Gasteiger partial charge in [0.15, 0.2) is 0 Å². The molecule has 0 aliphatic carbocycles. The summed E-state index contributed by atoms with van der Waals surface area (Å²) in [5.41, 5.74) is 6.50. The van der Waals surface area contributed by atoms with Crippen LogP contribution in [0.25, 0.3) is 0 Å². The van der Waals surface area contributed by atoms with E-state index in [1.54, 1.807) is 30.3 Å². The molecule has 0 aliphatic heterocycles. The second kappa shape index (κ2) is 8.93. The van der Waals surface area contributed by atoms with Crippen molar-refractivity contribution in [1.29, 1.82) is 0 Å². The van der Waals surface area contributed by atoms with Crippen LogP contribution in [0.1, 0.15) is 28.8 Å². The molecule has 0 heterocycles. The van der Waals surface area contributed by atoms with Crippen molar-refractivity contribution in [3.8, 4) is 5.75 Å². The summed E-state index contributed by atoms with van der Waals surface area (Å²) in [4.78, 5) is 22.7. The van der Waals surface area contributed by atoms with Gasteiger partial charge in [-0.05, 0) is 42.3 Å². The maximum Gasteiger partial charge on any atom is 0.251 e. The van der Waals surface area contributed by atoms with Gasteiger partial charge < -0.3 is 15.8 Å². The summed E-state index contributed by atoms with van der Waals surface area (Å²) in [5.74, 6) is 0.00750. The molecule has 0 aromatic heterocycles. The van der Waals surface area contributed by atoms with Crippen molar-refractivity contribution in [1.82, 2.24) is 5.32 Å². The minimum Gasteiger partial charge on any atom is -0.489 e. The largest absolute Gasteiger partial charge is 0.489 e. The lowest BCUT2D eigenvalue weighted by molar-refractivity contribution is -0.118. The summed E-state index contributed by atoms with van der Waals surface area (Å²) in [7, 11) is 0. The zero-order chi connectivity index (χ0) is 17.4. The molecule has 2 amide bonds. The van der Waals surface area contributed by atoms with Gasteiger partial charge in [0.1, 0.15) is 12.4 Å². The van der Waals surface area contributed by atoms with Crippen LogP contribution in [0, 0.1) is 0 Å². The van der Waals surface area contributed by atoms with Crippen molar-refractivity contribution >= 4 is 23.4 Å². The third kappa shape index (κ3) is 5.93. The number of primary amides is 1. The monoisotopic (exact) mass is 346 g/mol. The van der Waals surface area contributed by atoms with Crippen LogP contribution in [0.2, 0.25) is 5.02 Å². The number of carbonyl (C=O) groups is 2. The molecule has 0 fully saturated rings. The predicted octanol–water partition coefficient (Wildman–Crippen LogP) is 2.91. The average molecular weight is 347 g/mol. The van der Waals surface area contributed by atoms with E-state index in [1.165, 1.54) is 0 Å². The summed E-state index contributed by atoms with van der Waals surface area (Å²) in [6, 6.07) is 14.3. The van der Waals surface area contributed by atoms with E-state index in [-0.39, 0.29) is 18.2 Å². The smallest absolute Gasteiger partial charge is 0.251 e. The van der Waals surface area contributed by atoms with E-state index >= 15 is 0 Å². The quantitative estimate of drug-likeness (QED) is 0.721. The first kappa shape index (κ1) is 17.8. The zero-order valence-corrected chi connectivity index (χ0v) is 13.9. The lowest BCUT2D eigenvalue weighted by Gasteiger charge is -2.09. The predicted molar refractivity (Wildman–Crippen MR) is 93.0 cm³/mol. The standard InChI is InChI=1S/C18H19ClN2O3/c19-15-6-1-4-13(10-15)12-24-16-7-2-5-14(11-16)18(23)21-9-3-8-17(20)22/h1-2,4-7,10-11H,3,8-9,12H2,(H2,20,22)(H,21,23). The lowest BCUT2D eigenvalue weighted by atomic mass is 10.2. The first-order valence-corrected chi connectivity index (χ1v) is 7.96. The Hall–Kier alpha value is -2.53. The van der Waals surface area contributed by atoms with E-state index in [4.69, 9.17) is 22.1 Å². The van der Waals surface area contributed by atoms with Crippen LogP contribution in [-0.4, -0.2) is 18.4 Å². The van der Waals surface area contributed by atoms with Crippen molar-refractivity contribution < 1.29 is 14.3 Å². The fourth-order valence-electron chi connectivity index (χ4n) is 2.09. The third-order valence-corrected chi connectivity index (χ3v) is 3.51. The third-order valence-electron chi connectivity index (χ3n) is 3.28. The molecule has 0 radical (unpaired) electrons. The van der Waals surface area contributed by atoms with Gasteiger partial charge in [-0.25, -0.2) is 0 Å². The molecule has 126 valence electrons. The molecule has 0 saturated heterocycles. The van der Waals surface area contributed by atoms with Crippen molar-refractivity contribution in [2.45, 2.75) is 19.4 Å². The summed E-state index contributed by atoms with van der Waals surface area (Å²) in [6.45, 7) is 0.764. The van der Waals surface area contributed by atoms with Gasteiger partial charge in [-0.3, -0.25) is 9.59 Å². The number of nitrogens with one attached hydrogen (secondary N) is 1. The maximum atomic E-state index is 12.1. The van der Waals surface area contributed by atoms with Crippen LogP contribution in [0.5, 0.6) is 5.75 Å². The Kier molecular flexibility index (Phi) is 6.63. The lowest BCUT2D eigenvalue weighted by Crippen LogP contribution is -2.25. The molecule has 2 aromatic rings. The van der Waals surface area contributed by atoms with Gasteiger partial charge in [-0.1, -0.05) is 29.8 Å². The Bertz CT molecular complexity index is 719. The Balaban J connectivity index is 1.88. The number of hydrogen-bond donors (Lipinski definition) is 2. The van der Waals surface area contributed by atoms with Crippen LogP contribution in [0.4, 0.5) is 0 Å². The van der Waals surface area contributed by atoms with Crippen molar-refractivity contribution in [3.05, 3.63) is 64.7 Å². The Morgan fingerprint density at radius 3 is 2.67 bits per heavy atom. The Morgan fingerprint density at radius 1 is 1.12 bits per heavy atom. The Labute approximate surface area is 145 Å². The number of carbonyl (C=O) groups excluding carboxylic acids is 2. The number of halogens is 1. The first-order valence-electron chi connectivity index (χ1n) is 7.58. The molecule has 0 spiro atoms. The second-order valence-corrected chi connectivity index (χ2v) is 5.71. The molecule has 2 aromatic carbocycles. The summed E-state index contributed by atoms with van der Waals surface area (Å²) >= 11 is 5.94. The van der Waals surface area contributed by atoms with Crippen LogP contribution in [0.3, 0.4) is 0 Å². The second-order valence-electron chi connectivity index (χ2n) is 5.27. The van der Waals surface area contributed by atoms with Crippen LogP contribution >= 0.6 is 11.6 Å². The van der Waals surface area contributed by atoms with Gasteiger partial charge >= 0.3 is 0 Å². The van der Waals surface area contributed by atoms with E-state index in [0.29, 0.717) is 35.9 Å². The van der Waals surface area contributed by atoms with Gasteiger partial charge in [0.25, 0.3) is 5.91 Å². The SMILES string of the molecule is NC(=O)CCCNC(=O)c1cccc(OCc2cccc(Cl)c2)c1. The van der Waals surface area contributed by atoms with Crippen LogP contribution < -0.4 is 15.8 Å². The molecular weight excluding hydrogens is 328 g/mol. The zero-order valence-electron chi connectivity index (χ0n) is 13.1. The highest BCUT2D eigenvalue weighted by Gasteiger charge is 2.07. The van der Waals surface area contributed by atoms with Gasteiger partial charge in [0.05, 0.1) is 0 Å². The first-order chi connectivity index (χ1) is 11.5. The highest BCUT2D eigenvalue weighted by Crippen LogP contribution is 2.17. The fraction of sp³-hybridized carbons (Fsp3) is 0.222. The average Bonchev–Trinajstić information content (AvgIpc) is 2.57. The van der Waals surface area contributed by atoms with Gasteiger partial charge in [0.2, 0.25) is 5.91 Å². The van der Waals surface area contributed by atoms with E-state index in [1.807, 2.05) is 18.2 Å². The van der Waals surface area contributed by atoms with Crippen molar-refractivity contribution in [2.75, 3.05) is 6.54 Å². The number of hydrogen-bond acceptors (Lipinski definition) is 3. The molecular formula is C18H19ClN2O3. The highest BCUT2D eigenvalue weighted by atomic mass is 35.5. The minimum absolute atomic E-state index is 0.215. The van der Waals surface area contributed by atoms with Crippen molar-refractivity contribution in [3.63, 3.8) is 0 Å². The minimum atomic E-state index is -0.374. The topological polar surface area (TPSA) is 81.4 Å². The molecule has 0 atom stereocenters. The van der Waals surface area contributed by atoms with Gasteiger partial charge in [-0.15, -0.1) is 0 Å². The molecule has 6 heteroatoms. The number of amides is 2. The highest BCUT2D eigenvalue weighted by molar-refractivity contribution is 6.30. The summed E-state index contributed by atoms with van der Waals surface area (Å²) < 4.78 is 5.70. The van der Waals surface area contributed by atoms with Crippen LogP contribution in [-0.2, 0) is 11.4 Å². The number of ether oxygens (including phenoxy) is 1. The van der Waals surface area contributed by atoms with Gasteiger partial charge in [-0.2, -0.15) is 0 Å². The number of benzene rings is 2.